The molecule has 4 heteroatoms. The average Bonchev–Trinajstić information content (AvgIpc) is 2.60. The fourth-order valence-electron chi connectivity index (χ4n) is 3.88. The van der Waals surface area contributed by atoms with Gasteiger partial charge in [-0.2, -0.15) is 4.39 Å². The van der Waals surface area contributed by atoms with E-state index in [1.165, 1.54) is 50.2 Å². The quantitative estimate of drug-likeness (QED) is 0.383. The van der Waals surface area contributed by atoms with Crippen molar-refractivity contribution in [3.8, 4) is 5.75 Å². The molecule has 1 aliphatic heterocycles. The van der Waals surface area contributed by atoms with Gasteiger partial charge in [-0.15, -0.1) is 0 Å². The molecule has 0 spiro atoms. The lowest BCUT2D eigenvalue weighted by Crippen LogP contribution is -2.21. The summed E-state index contributed by atoms with van der Waals surface area (Å²) in [6.07, 6.45) is 8.37. The largest absolute Gasteiger partial charge is 0.491 e. The second kappa shape index (κ2) is 10.2. The van der Waals surface area contributed by atoms with Crippen molar-refractivity contribution in [2.24, 2.45) is 5.92 Å². The molecule has 24 heavy (non-hydrogen) atoms. The summed E-state index contributed by atoms with van der Waals surface area (Å²) < 4.78 is 33.2. The van der Waals surface area contributed by atoms with Gasteiger partial charge in [0.25, 0.3) is 0 Å². The third-order valence-electron chi connectivity index (χ3n) is 5.43. The van der Waals surface area contributed by atoms with Crippen molar-refractivity contribution in [3.63, 3.8) is 0 Å². The van der Waals surface area contributed by atoms with Crippen LogP contribution in [0.5, 0.6) is 5.75 Å². The Morgan fingerprint density at radius 1 is 1.08 bits per heavy atom. The number of rotatable bonds is 9. The number of halogens is 2. The topological polar surface area (TPSA) is 9.23 Å². The van der Waals surface area contributed by atoms with Crippen molar-refractivity contribution >= 4 is 8.80 Å². The molecule has 0 aliphatic carbocycles. The molecule has 1 nitrogen and oxygen atoms in total. The molecule has 0 radical (unpaired) electrons. The molecule has 0 unspecified atom stereocenters. The number of hydrogen-bond donors (Lipinski definition) is 0. The molecule has 1 heterocycles. The van der Waals surface area contributed by atoms with E-state index in [2.05, 4.69) is 6.92 Å². The van der Waals surface area contributed by atoms with E-state index in [-0.39, 0.29) is 5.75 Å². The lowest BCUT2D eigenvalue weighted by Gasteiger charge is -2.27. The van der Waals surface area contributed by atoms with E-state index in [4.69, 9.17) is 4.74 Å². The first-order chi connectivity index (χ1) is 11.7. The smallest absolute Gasteiger partial charge is 0.200 e. The standard InChI is InChI=1S/C20H32F2OSi/c1-3-5-6-13-24-14-11-16(12-15-24)7-8-17-9-10-18(23-4-2)20(22)19(17)21/h9-10,16,24H,3-8,11-15H2,1-2H3. The van der Waals surface area contributed by atoms with E-state index in [0.717, 1.165) is 6.42 Å². The van der Waals surface area contributed by atoms with Crippen molar-refractivity contribution in [2.45, 2.75) is 76.9 Å². The molecule has 2 rings (SSSR count). The number of ether oxygens (including phenoxy) is 1. The van der Waals surface area contributed by atoms with Crippen LogP contribution in [0.3, 0.4) is 0 Å². The van der Waals surface area contributed by atoms with E-state index in [0.29, 0.717) is 24.5 Å². The predicted molar refractivity (Wildman–Crippen MR) is 99.7 cm³/mol. The van der Waals surface area contributed by atoms with Crippen LogP contribution in [0.4, 0.5) is 8.78 Å². The van der Waals surface area contributed by atoms with Crippen molar-refractivity contribution in [3.05, 3.63) is 29.3 Å². The summed E-state index contributed by atoms with van der Waals surface area (Å²) in [7, 11) is -0.478. The Morgan fingerprint density at radius 3 is 2.50 bits per heavy atom. The van der Waals surface area contributed by atoms with E-state index in [9.17, 15) is 8.78 Å². The second-order valence-electron chi connectivity index (χ2n) is 7.21. The Balaban J connectivity index is 1.77. The maximum Gasteiger partial charge on any atom is 0.200 e. The van der Waals surface area contributed by atoms with Crippen molar-refractivity contribution in [1.29, 1.82) is 0 Å². The van der Waals surface area contributed by atoms with Crippen LogP contribution in [-0.2, 0) is 6.42 Å². The first-order valence-corrected chi connectivity index (χ1v) is 12.2. The summed E-state index contributed by atoms with van der Waals surface area (Å²) in [5, 5.41) is 0. The molecule has 1 aromatic carbocycles. The predicted octanol–water partition coefficient (Wildman–Crippen LogP) is 6.12. The highest BCUT2D eigenvalue weighted by Gasteiger charge is 2.22. The van der Waals surface area contributed by atoms with Crippen LogP contribution in [0, 0.1) is 17.6 Å². The average molecular weight is 355 g/mol. The highest BCUT2D eigenvalue weighted by molar-refractivity contribution is 6.58. The fraction of sp³-hybridized carbons (Fsp3) is 0.700. The van der Waals surface area contributed by atoms with Gasteiger partial charge < -0.3 is 4.74 Å². The summed E-state index contributed by atoms with van der Waals surface area (Å²) in [6, 6.07) is 7.67. The van der Waals surface area contributed by atoms with Crippen LogP contribution in [0.15, 0.2) is 12.1 Å². The minimum Gasteiger partial charge on any atom is -0.491 e. The Kier molecular flexibility index (Phi) is 8.23. The van der Waals surface area contributed by atoms with Crippen LogP contribution in [0.1, 0.15) is 57.9 Å². The fourth-order valence-corrected chi connectivity index (χ4v) is 7.50. The zero-order valence-corrected chi connectivity index (χ0v) is 16.4. The Morgan fingerprint density at radius 2 is 1.83 bits per heavy atom. The monoisotopic (exact) mass is 354 g/mol. The minimum atomic E-state index is -0.832. The number of unbranched alkanes of at least 4 members (excludes halogenated alkanes) is 2. The number of hydrogen-bond acceptors (Lipinski definition) is 1. The lowest BCUT2D eigenvalue weighted by atomic mass is 9.94. The van der Waals surface area contributed by atoms with E-state index in [1.807, 2.05) is 0 Å². The molecule has 0 amide bonds. The highest BCUT2D eigenvalue weighted by atomic mass is 28.3. The van der Waals surface area contributed by atoms with Crippen molar-refractivity contribution < 1.29 is 13.5 Å². The first-order valence-electron chi connectivity index (χ1n) is 9.75. The Labute approximate surface area is 147 Å². The molecule has 1 saturated heterocycles. The van der Waals surface area contributed by atoms with Gasteiger partial charge in [0.15, 0.2) is 11.6 Å². The normalized spacial score (nSPS) is 21.0. The molecule has 0 saturated carbocycles. The second-order valence-corrected chi connectivity index (χ2v) is 10.7. The molecule has 0 bridgehead atoms. The zero-order chi connectivity index (χ0) is 17.4. The van der Waals surface area contributed by atoms with Crippen LogP contribution < -0.4 is 4.74 Å². The maximum absolute atomic E-state index is 14.1. The molecule has 0 N–H and O–H groups in total. The summed E-state index contributed by atoms with van der Waals surface area (Å²) in [5.74, 6) is -0.823. The molecule has 1 aliphatic rings. The molecular formula is C20H32F2OSi. The van der Waals surface area contributed by atoms with Gasteiger partial charge in [-0.1, -0.05) is 63.2 Å². The summed E-state index contributed by atoms with van der Waals surface area (Å²) in [4.78, 5) is 0. The van der Waals surface area contributed by atoms with Gasteiger partial charge in [0.05, 0.1) is 6.61 Å². The van der Waals surface area contributed by atoms with Gasteiger partial charge in [0.2, 0.25) is 5.82 Å². The zero-order valence-electron chi connectivity index (χ0n) is 15.3. The highest BCUT2D eigenvalue weighted by Crippen LogP contribution is 2.32. The van der Waals surface area contributed by atoms with Crippen molar-refractivity contribution in [1.82, 2.24) is 0 Å². The van der Waals surface area contributed by atoms with Crippen LogP contribution in [0.2, 0.25) is 18.1 Å². The van der Waals surface area contributed by atoms with Gasteiger partial charge in [-0.05, 0) is 37.3 Å². The SMILES string of the molecule is CCCCC[SiH]1CCC(CCc2ccc(OCC)c(F)c2F)CC1. The summed E-state index contributed by atoms with van der Waals surface area (Å²) >= 11 is 0. The third kappa shape index (κ3) is 5.57. The van der Waals surface area contributed by atoms with Gasteiger partial charge >= 0.3 is 0 Å². The molecule has 0 aromatic heterocycles. The van der Waals surface area contributed by atoms with Crippen LogP contribution in [-0.4, -0.2) is 15.4 Å². The Bertz CT molecular complexity index is 499. The van der Waals surface area contributed by atoms with Crippen LogP contribution in [0.25, 0.3) is 0 Å². The Hall–Kier alpha value is -0.903. The van der Waals surface area contributed by atoms with Gasteiger partial charge in [0.1, 0.15) is 0 Å². The van der Waals surface area contributed by atoms with Crippen molar-refractivity contribution in [2.75, 3.05) is 6.61 Å². The van der Waals surface area contributed by atoms with E-state index < -0.39 is 20.4 Å². The molecule has 0 atom stereocenters. The molecule has 1 fully saturated rings. The summed E-state index contributed by atoms with van der Waals surface area (Å²) in [6.45, 7) is 4.38. The first kappa shape index (κ1) is 19.4. The number of benzene rings is 1. The lowest BCUT2D eigenvalue weighted by molar-refractivity contribution is 0.313. The van der Waals surface area contributed by atoms with Gasteiger partial charge in [-0.25, -0.2) is 4.39 Å². The van der Waals surface area contributed by atoms with Gasteiger partial charge in [0, 0.05) is 8.80 Å². The maximum atomic E-state index is 14.1. The van der Waals surface area contributed by atoms with Crippen LogP contribution >= 0.6 is 0 Å². The third-order valence-corrected chi connectivity index (χ3v) is 8.96. The summed E-state index contributed by atoms with van der Waals surface area (Å²) in [5.41, 5.74) is 0.498. The van der Waals surface area contributed by atoms with E-state index >= 15 is 0 Å². The minimum absolute atomic E-state index is 0.0253. The molecule has 136 valence electrons. The number of aryl methyl sites for hydroxylation is 1. The molecule has 1 aromatic rings. The van der Waals surface area contributed by atoms with Gasteiger partial charge in [-0.3, -0.25) is 0 Å². The van der Waals surface area contributed by atoms with E-state index in [1.54, 1.807) is 19.1 Å². The molecular weight excluding hydrogens is 322 g/mol.